The molecule has 0 heterocycles. The van der Waals surface area contributed by atoms with Crippen molar-refractivity contribution in [3.05, 3.63) is 29.3 Å². The molecule has 0 spiro atoms. The molecule has 0 saturated carbocycles. The molecule has 2 N–H and O–H groups in total. The number of hydrogen-bond donors (Lipinski definition) is 1. The molecule has 1 aromatic carbocycles. The second kappa shape index (κ2) is 3.92. The Hall–Kier alpha value is -0.830. The van der Waals surface area contributed by atoms with Crippen molar-refractivity contribution in [3.63, 3.8) is 0 Å². The van der Waals surface area contributed by atoms with Gasteiger partial charge in [0.05, 0.1) is 4.83 Å². The van der Waals surface area contributed by atoms with Crippen LogP contribution in [0.2, 0.25) is 0 Å². The molecule has 70 valence electrons. The van der Waals surface area contributed by atoms with Crippen LogP contribution in [0.3, 0.4) is 0 Å². The molecule has 3 heteroatoms. The zero-order chi connectivity index (χ0) is 10.0. The van der Waals surface area contributed by atoms with Crippen molar-refractivity contribution in [2.75, 3.05) is 5.73 Å². The van der Waals surface area contributed by atoms with Gasteiger partial charge in [0.15, 0.2) is 5.78 Å². The average molecular weight is 242 g/mol. The lowest BCUT2D eigenvalue weighted by molar-refractivity contribution is 0.0996. The van der Waals surface area contributed by atoms with Crippen LogP contribution in [0.25, 0.3) is 0 Å². The predicted octanol–water partition coefficient (Wildman–Crippen LogP) is 2.54. The number of halogens is 1. The van der Waals surface area contributed by atoms with Gasteiger partial charge in [0.2, 0.25) is 0 Å². The summed E-state index contributed by atoms with van der Waals surface area (Å²) in [6, 6.07) is 5.39. The Morgan fingerprint density at radius 1 is 1.46 bits per heavy atom. The fraction of sp³-hybridized carbons (Fsp3) is 0.300. The number of nitrogen functional groups attached to an aromatic ring is 1. The number of alkyl halides is 1. The maximum atomic E-state index is 11.5. The zero-order valence-corrected chi connectivity index (χ0v) is 9.26. The minimum absolute atomic E-state index is 0.0652. The fourth-order valence-corrected chi connectivity index (χ4v) is 1.45. The van der Waals surface area contributed by atoms with E-state index in [1.54, 1.807) is 13.0 Å². The number of hydrogen-bond acceptors (Lipinski definition) is 2. The van der Waals surface area contributed by atoms with Crippen LogP contribution < -0.4 is 5.73 Å². The van der Waals surface area contributed by atoms with E-state index in [2.05, 4.69) is 15.9 Å². The highest BCUT2D eigenvalue weighted by molar-refractivity contribution is 9.10. The Bertz CT molecular complexity index is 313. The van der Waals surface area contributed by atoms with Crippen LogP contribution in [0.15, 0.2) is 18.2 Å². The summed E-state index contributed by atoms with van der Waals surface area (Å²) in [4.78, 5) is 11.4. The minimum atomic E-state index is -0.159. The molecular formula is C10H12BrNO. The molecule has 0 aliphatic heterocycles. The first-order valence-electron chi connectivity index (χ1n) is 4.06. The lowest BCUT2D eigenvalue weighted by Crippen LogP contribution is -2.10. The molecule has 1 unspecified atom stereocenters. The Balaban J connectivity index is 3.08. The number of carbonyl (C=O) groups is 1. The third kappa shape index (κ3) is 2.56. The van der Waals surface area contributed by atoms with Gasteiger partial charge >= 0.3 is 0 Å². The van der Waals surface area contributed by atoms with Crippen molar-refractivity contribution >= 4 is 27.4 Å². The molecule has 1 atom stereocenters. The van der Waals surface area contributed by atoms with Crippen molar-refractivity contribution in [2.45, 2.75) is 18.7 Å². The summed E-state index contributed by atoms with van der Waals surface area (Å²) in [5.41, 5.74) is 7.94. The molecule has 13 heavy (non-hydrogen) atoms. The topological polar surface area (TPSA) is 43.1 Å². The predicted molar refractivity (Wildman–Crippen MR) is 58.3 cm³/mol. The van der Waals surface area contributed by atoms with Crippen LogP contribution in [-0.2, 0) is 0 Å². The number of carbonyl (C=O) groups excluding carboxylic acids is 1. The monoisotopic (exact) mass is 241 g/mol. The zero-order valence-electron chi connectivity index (χ0n) is 7.67. The number of Topliss-reactive ketones (excluding diaryl/α,β-unsaturated/α-hetero) is 1. The van der Waals surface area contributed by atoms with Gasteiger partial charge in [-0.3, -0.25) is 4.79 Å². The van der Waals surface area contributed by atoms with E-state index in [0.717, 1.165) is 5.56 Å². The van der Waals surface area contributed by atoms with Crippen molar-refractivity contribution < 1.29 is 4.79 Å². The summed E-state index contributed by atoms with van der Waals surface area (Å²) in [6.07, 6.45) is 0. The smallest absolute Gasteiger partial charge is 0.176 e. The highest BCUT2D eigenvalue weighted by Crippen LogP contribution is 2.15. The maximum Gasteiger partial charge on any atom is 0.176 e. The number of benzene rings is 1. The molecule has 0 bridgehead atoms. The van der Waals surface area contributed by atoms with E-state index in [4.69, 9.17) is 5.73 Å². The van der Waals surface area contributed by atoms with Gasteiger partial charge in [-0.05, 0) is 37.6 Å². The second-order valence-electron chi connectivity index (χ2n) is 3.11. The SMILES string of the molecule is Cc1cc(N)cc(C(=O)C(C)Br)c1. The molecule has 2 nitrogen and oxygen atoms in total. The second-order valence-corrected chi connectivity index (χ2v) is 4.49. The van der Waals surface area contributed by atoms with Gasteiger partial charge in [-0.1, -0.05) is 15.9 Å². The molecular weight excluding hydrogens is 230 g/mol. The van der Waals surface area contributed by atoms with E-state index in [9.17, 15) is 4.79 Å². The van der Waals surface area contributed by atoms with E-state index in [1.165, 1.54) is 0 Å². The van der Waals surface area contributed by atoms with Crippen molar-refractivity contribution in [2.24, 2.45) is 0 Å². The molecule has 1 rings (SSSR count). The largest absolute Gasteiger partial charge is 0.399 e. The Morgan fingerprint density at radius 3 is 2.54 bits per heavy atom. The first kappa shape index (κ1) is 10.3. The van der Waals surface area contributed by atoms with Gasteiger partial charge in [-0.25, -0.2) is 0 Å². The van der Waals surface area contributed by atoms with E-state index in [0.29, 0.717) is 11.3 Å². The summed E-state index contributed by atoms with van der Waals surface area (Å²) < 4.78 is 0. The summed E-state index contributed by atoms with van der Waals surface area (Å²) >= 11 is 3.24. The molecule has 0 aliphatic rings. The molecule has 0 aromatic heterocycles. The van der Waals surface area contributed by atoms with Gasteiger partial charge in [0.1, 0.15) is 0 Å². The van der Waals surface area contributed by atoms with E-state index in [1.807, 2.05) is 19.1 Å². The van der Waals surface area contributed by atoms with Crippen molar-refractivity contribution in [1.82, 2.24) is 0 Å². The van der Waals surface area contributed by atoms with Gasteiger partial charge in [0.25, 0.3) is 0 Å². The summed E-state index contributed by atoms with van der Waals surface area (Å²) in [5, 5.41) is 0. The van der Waals surface area contributed by atoms with E-state index < -0.39 is 0 Å². The normalized spacial score (nSPS) is 12.5. The lowest BCUT2D eigenvalue weighted by atomic mass is 10.1. The van der Waals surface area contributed by atoms with Crippen LogP contribution in [-0.4, -0.2) is 10.6 Å². The first-order chi connectivity index (χ1) is 6.00. The lowest BCUT2D eigenvalue weighted by Gasteiger charge is -2.05. The molecule has 0 radical (unpaired) electrons. The minimum Gasteiger partial charge on any atom is -0.399 e. The van der Waals surface area contributed by atoms with Gasteiger partial charge in [0, 0.05) is 11.3 Å². The van der Waals surface area contributed by atoms with Gasteiger partial charge in [-0.2, -0.15) is 0 Å². The highest BCUT2D eigenvalue weighted by atomic mass is 79.9. The van der Waals surface area contributed by atoms with Crippen LogP contribution in [0.5, 0.6) is 0 Å². The average Bonchev–Trinajstić information content (AvgIpc) is 2.01. The van der Waals surface area contributed by atoms with Gasteiger partial charge in [-0.15, -0.1) is 0 Å². The van der Waals surface area contributed by atoms with Crippen LogP contribution in [0.1, 0.15) is 22.8 Å². The highest BCUT2D eigenvalue weighted by Gasteiger charge is 2.12. The first-order valence-corrected chi connectivity index (χ1v) is 4.97. The summed E-state index contributed by atoms with van der Waals surface area (Å²) in [6.45, 7) is 3.73. The van der Waals surface area contributed by atoms with E-state index in [-0.39, 0.29) is 10.6 Å². The fourth-order valence-electron chi connectivity index (χ4n) is 1.18. The molecule has 1 aromatic rings. The molecule has 0 amide bonds. The van der Waals surface area contributed by atoms with Crippen molar-refractivity contribution in [1.29, 1.82) is 0 Å². The summed E-state index contributed by atoms with van der Waals surface area (Å²) in [7, 11) is 0. The van der Waals surface area contributed by atoms with Crippen LogP contribution in [0, 0.1) is 6.92 Å². The van der Waals surface area contributed by atoms with Crippen LogP contribution >= 0.6 is 15.9 Å². The summed E-state index contributed by atoms with van der Waals surface area (Å²) in [5.74, 6) is 0.0652. The third-order valence-corrected chi connectivity index (χ3v) is 2.16. The maximum absolute atomic E-state index is 11.5. The standard InChI is InChI=1S/C10H12BrNO/c1-6-3-8(5-9(12)4-6)10(13)7(2)11/h3-5,7H,12H2,1-2H3. The number of ketones is 1. The van der Waals surface area contributed by atoms with Crippen LogP contribution in [0.4, 0.5) is 5.69 Å². The number of anilines is 1. The van der Waals surface area contributed by atoms with Gasteiger partial charge < -0.3 is 5.73 Å². The molecule has 0 saturated heterocycles. The Morgan fingerprint density at radius 2 is 2.08 bits per heavy atom. The third-order valence-electron chi connectivity index (χ3n) is 1.75. The number of rotatable bonds is 2. The number of nitrogens with two attached hydrogens (primary N) is 1. The Labute approximate surface area is 86.3 Å². The van der Waals surface area contributed by atoms with Crippen molar-refractivity contribution in [3.8, 4) is 0 Å². The molecule has 0 fully saturated rings. The quantitative estimate of drug-likeness (QED) is 0.492. The molecule has 0 aliphatic carbocycles. The Kier molecular flexibility index (Phi) is 3.09. The number of aryl methyl sites for hydroxylation is 1. The van der Waals surface area contributed by atoms with E-state index >= 15 is 0 Å².